The standard InChI is InChI=1S/C25H29N5O3S/c1-26-24(32)18-8-12-19(13-9-18)27-22(31)16-34-25-29-28-23(17-10-14-21(33-2)15-11-17)30(25)20-6-4-3-5-7-20/h8-15,20H,3-7,16H2,1-2H3,(H,26,32)(H,27,31). The van der Waals surface area contributed by atoms with Gasteiger partial charge in [-0.25, -0.2) is 0 Å². The van der Waals surface area contributed by atoms with Crippen molar-refractivity contribution in [3.63, 3.8) is 0 Å². The molecule has 34 heavy (non-hydrogen) atoms. The second-order valence-electron chi connectivity index (χ2n) is 8.19. The van der Waals surface area contributed by atoms with Crippen molar-refractivity contribution in [3.05, 3.63) is 54.1 Å². The molecule has 2 N–H and O–H groups in total. The summed E-state index contributed by atoms with van der Waals surface area (Å²) in [7, 11) is 3.23. The third kappa shape index (κ3) is 5.59. The maximum Gasteiger partial charge on any atom is 0.251 e. The number of aromatic nitrogens is 3. The van der Waals surface area contributed by atoms with E-state index < -0.39 is 0 Å². The van der Waals surface area contributed by atoms with Gasteiger partial charge in [0.05, 0.1) is 12.9 Å². The Bertz CT molecular complexity index is 1120. The van der Waals surface area contributed by atoms with Crippen LogP contribution in [0.15, 0.2) is 53.7 Å². The first-order chi connectivity index (χ1) is 16.6. The second kappa shape index (κ2) is 11.2. The molecule has 2 amide bonds. The molecule has 0 bridgehead atoms. The van der Waals surface area contributed by atoms with Gasteiger partial charge in [0.2, 0.25) is 5.91 Å². The Kier molecular flexibility index (Phi) is 7.84. The average molecular weight is 480 g/mol. The van der Waals surface area contributed by atoms with E-state index in [-0.39, 0.29) is 17.6 Å². The maximum atomic E-state index is 12.6. The van der Waals surface area contributed by atoms with Crippen molar-refractivity contribution in [1.82, 2.24) is 20.1 Å². The van der Waals surface area contributed by atoms with Crippen LogP contribution in [0.4, 0.5) is 5.69 Å². The van der Waals surface area contributed by atoms with Gasteiger partial charge in [-0.15, -0.1) is 10.2 Å². The molecule has 0 spiro atoms. The molecule has 4 rings (SSSR count). The van der Waals surface area contributed by atoms with Gasteiger partial charge in [-0.2, -0.15) is 0 Å². The maximum absolute atomic E-state index is 12.6. The van der Waals surface area contributed by atoms with Gasteiger partial charge < -0.3 is 15.4 Å². The Balaban J connectivity index is 1.48. The fraction of sp³-hybridized carbons (Fsp3) is 0.360. The van der Waals surface area contributed by atoms with E-state index >= 15 is 0 Å². The zero-order valence-electron chi connectivity index (χ0n) is 19.4. The summed E-state index contributed by atoms with van der Waals surface area (Å²) >= 11 is 1.39. The summed E-state index contributed by atoms with van der Waals surface area (Å²) in [6.07, 6.45) is 5.78. The smallest absolute Gasteiger partial charge is 0.251 e. The van der Waals surface area contributed by atoms with Crippen molar-refractivity contribution in [3.8, 4) is 17.1 Å². The van der Waals surface area contributed by atoms with E-state index in [9.17, 15) is 9.59 Å². The van der Waals surface area contributed by atoms with Gasteiger partial charge in [-0.1, -0.05) is 31.0 Å². The lowest BCUT2D eigenvalue weighted by Gasteiger charge is -2.25. The summed E-state index contributed by atoms with van der Waals surface area (Å²) in [5.74, 6) is 1.53. The van der Waals surface area contributed by atoms with Crippen molar-refractivity contribution >= 4 is 29.3 Å². The van der Waals surface area contributed by atoms with E-state index in [0.29, 0.717) is 17.3 Å². The highest BCUT2D eigenvalue weighted by Gasteiger charge is 2.24. The Morgan fingerprint density at radius 3 is 2.38 bits per heavy atom. The number of methoxy groups -OCH3 is 1. The lowest BCUT2D eigenvalue weighted by Crippen LogP contribution is -2.18. The summed E-state index contributed by atoms with van der Waals surface area (Å²) in [5, 5.41) is 15.2. The molecule has 0 unspecified atom stereocenters. The van der Waals surface area contributed by atoms with Crippen LogP contribution in [0.3, 0.4) is 0 Å². The number of anilines is 1. The van der Waals surface area contributed by atoms with Gasteiger partial charge in [0.15, 0.2) is 11.0 Å². The van der Waals surface area contributed by atoms with E-state index in [1.54, 1.807) is 38.4 Å². The van der Waals surface area contributed by atoms with Gasteiger partial charge in [-0.05, 0) is 61.4 Å². The first-order valence-electron chi connectivity index (χ1n) is 11.4. The van der Waals surface area contributed by atoms with E-state index in [2.05, 4.69) is 25.4 Å². The number of benzene rings is 2. The normalized spacial score (nSPS) is 13.9. The number of amides is 2. The largest absolute Gasteiger partial charge is 0.497 e. The van der Waals surface area contributed by atoms with Crippen molar-refractivity contribution < 1.29 is 14.3 Å². The molecule has 1 aliphatic carbocycles. The monoisotopic (exact) mass is 479 g/mol. The number of hydrogen-bond donors (Lipinski definition) is 2. The van der Waals surface area contributed by atoms with Crippen LogP contribution < -0.4 is 15.4 Å². The van der Waals surface area contributed by atoms with Crippen LogP contribution in [0.2, 0.25) is 0 Å². The van der Waals surface area contributed by atoms with E-state index in [1.165, 1.54) is 31.0 Å². The van der Waals surface area contributed by atoms with Crippen LogP contribution in [0.5, 0.6) is 5.75 Å². The molecule has 0 saturated heterocycles. The topological polar surface area (TPSA) is 98.1 Å². The highest BCUT2D eigenvalue weighted by molar-refractivity contribution is 7.99. The Morgan fingerprint density at radius 2 is 1.74 bits per heavy atom. The van der Waals surface area contributed by atoms with Gasteiger partial charge in [0.25, 0.3) is 5.91 Å². The van der Waals surface area contributed by atoms with Gasteiger partial charge in [-0.3, -0.25) is 14.2 Å². The molecule has 1 aromatic heterocycles. The molecule has 0 aliphatic heterocycles. The average Bonchev–Trinajstić information content (AvgIpc) is 3.32. The molecule has 1 aliphatic rings. The predicted octanol–water partition coefficient (Wildman–Crippen LogP) is 4.55. The highest BCUT2D eigenvalue weighted by Crippen LogP contribution is 2.36. The minimum absolute atomic E-state index is 0.137. The number of thioether (sulfide) groups is 1. The quantitative estimate of drug-likeness (QED) is 0.460. The van der Waals surface area contributed by atoms with Crippen LogP contribution in [0, 0.1) is 0 Å². The summed E-state index contributed by atoms with van der Waals surface area (Å²) in [4.78, 5) is 24.3. The molecule has 1 saturated carbocycles. The van der Waals surface area contributed by atoms with E-state index in [4.69, 9.17) is 4.74 Å². The second-order valence-corrected chi connectivity index (χ2v) is 9.13. The van der Waals surface area contributed by atoms with E-state index in [1.807, 2.05) is 24.3 Å². The van der Waals surface area contributed by atoms with Gasteiger partial charge >= 0.3 is 0 Å². The first kappa shape index (κ1) is 23.8. The van der Waals surface area contributed by atoms with Crippen LogP contribution in [0.1, 0.15) is 48.5 Å². The fourth-order valence-corrected chi connectivity index (χ4v) is 4.96. The van der Waals surface area contributed by atoms with Crippen LogP contribution in [-0.2, 0) is 4.79 Å². The Hall–Kier alpha value is -3.33. The van der Waals surface area contributed by atoms with Crippen LogP contribution in [-0.4, -0.2) is 46.5 Å². The highest BCUT2D eigenvalue weighted by atomic mass is 32.2. The first-order valence-corrected chi connectivity index (χ1v) is 12.4. The molecule has 2 aromatic carbocycles. The number of nitrogens with one attached hydrogen (secondary N) is 2. The molecule has 3 aromatic rings. The number of ether oxygens (including phenoxy) is 1. The summed E-state index contributed by atoms with van der Waals surface area (Å²) in [5.41, 5.74) is 2.17. The summed E-state index contributed by atoms with van der Waals surface area (Å²) < 4.78 is 7.49. The van der Waals surface area contributed by atoms with Gasteiger partial charge in [0, 0.05) is 29.9 Å². The van der Waals surface area contributed by atoms with Crippen molar-refractivity contribution in [2.75, 3.05) is 25.2 Å². The molecule has 0 radical (unpaired) electrons. The Morgan fingerprint density at radius 1 is 1.03 bits per heavy atom. The lowest BCUT2D eigenvalue weighted by atomic mass is 9.95. The molecular weight excluding hydrogens is 450 g/mol. The molecular formula is C25H29N5O3S. The van der Waals surface area contributed by atoms with Crippen molar-refractivity contribution in [2.45, 2.75) is 43.3 Å². The molecule has 9 heteroatoms. The number of carbonyl (C=O) groups is 2. The summed E-state index contributed by atoms with van der Waals surface area (Å²) in [6.45, 7) is 0. The summed E-state index contributed by atoms with van der Waals surface area (Å²) in [6, 6.07) is 15.0. The Labute approximate surface area is 203 Å². The third-order valence-corrected chi connectivity index (χ3v) is 6.89. The zero-order chi connectivity index (χ0) is 23.9. The van der Waals surface area contributed by atoms with Crippen molar-refractivity contribution in [2.24, 2.45) is 0 Å². The van der Waals surface area contributed by atoms with Crippen LogP contribution in [0.25, 0.3) is 11.4 Å². The number of hydrogen-bond acceptors (Lipinski definition) is 6. The zero-order valence-corrected chi connectivity index (χ0v) is 20.2. The molecule has 0 atom stereocenters. The van der Waals surface area contributed by atoms with Crippen LogP contribution >= 0.6 is 11.8 Å². The number of carbonyl (C=O) groups excluding carboxylic acids is 2. The van der Waals surface area contributed by atoms with Crippen molar-refractivity contribution in [1.29, 1.82) is 0 Å². The molecule has 8 nitrogen and oxygen atoms in total. The predicted molar refractivity (Wildman–Crippen MR) is 133 cm³/mol. The van der Waals surface area contributed by atoms with E-state index in [0.717, 1.165) is 35.1 Å². The fourth-order valence-electron chi connectivity index (χ4n) is 4.16. The SMILES string of the molecule is CNC(=O)c1ccc(NC(=O)CSc2nnc(-c3ccc(OC)cc3)n2C2CCCCC2)cc1. The minimum Gasteiger partial charge on any atom is -0.497 e. The molecule has 1 heterocycles. The minimum atomic E-state index is -0.164. The molecule has 1 fully saturated rings. The lowest BCUT2D eigenvalue weighted by molar-refractivity contribution is -0.113. The number of nitrogens with zero attached hydrogens (tertiary/aromatic N) is 3. The number of rotatable bonds is 8. The van der Waals surface area contributed by atoms with Gasteiger partial charge in [0.1, 0.15) is 5.75 Å². The third-order valence-electron chi connectivity index (χ3n) is 5.94. The molecule has 178 valence electrons.